The molecule has 98 valence electrons. The Hall–Kier alpha value is -1.78. The largest absolute Gasteiger partial charge is 0.484 e. The van der Waals surface area contributed by atoms with Crippen LogP contribution in [0.4, 0.5) is 0 Å². The highest BCUT2D eigenvalue weighted by molar-refractivity contribution is 5.12. The molecule has 2 aromatic heterocycles. The highest BCUT2D eigenvalue weighted by Gasteiger charge is 2.08. The Bertz CT molecular complexity index is 485. The molecule has 0 aliphatic heterocycles. The minimum Gasteiger partial charge on any atom is -0.484 e. The zero-order chi connectivity index (χ0) is 13.0. The van der Waals surface area contributed by atoms with E-state index in [0.29, 0.717) is 12.6 Å². The highest BCUT2D eigenvalue weighted by atomic mass is 16.5. The summed E-state index contributed by atoms with van der Waals surface area (Å²) in [5.74, 6) is 0.773. The van der Waals surface area contributed by atoms with Gasteiger partial charge in [0.25, 0.3) is 0 Å². The molecule has 0 fully saturated rings. The van der Waals surface area contributed by atoms with Gasteiger partial charge >= 0.3 is 0 Å². The van der Waals surface area contributed by atoms with Gasteiger partial charge in [0.1, 0.15) is 6.61 Å². The molecule has 0 N–H and O–H groups in total. The fraction of sp³-hybridized carbons (Fsp3) is 0.538. The molecule has 2 aromatic rings. The van der Waals surface area contributed by atoms with E-state index < -0.39 is 0 Å². The lowest BCUT2D eigenvalue weighted by Crippen LogP contribution is -2.08. The Morgan fingerprint density at radius 1 is 1.33 bits per heavy atom. The number of hydrogen-bond donors (Lipinski definition) is 0. The zero-order valence-corrected chi connectivity index (χ0v) is 11.2. The van der Waals surface area contributed by atoms with Crippen LogP contribution in [0, 0.1) is 0 Å². The van der Waals surface area contributed by atoms with Crippen LogP contribution >= 0.6 is 0 Å². The van der Waals surface area contributed by atoms with Crippen LogP contribution < -0.4 is 4.74 Å². The molecule has 0 bridgehead atoms. The number of ether oxygens (including phenoxy) is 1. The summed E-state index contributed by atoms with van der Waals surface area (Å²) in [6, 6.07) is 2.49. The van der Waals surface area contributed by atoms with Crippen molar-refractivity contribution in [3.05, 3.63) is 30.4 Å². The van der Waals surface area contributed by atoms with Gasteiger partial charge in [-0.25, -0.2) is 0 Å². The average Bonchev–Trinajstić information content (AvgIpc) is 2.98. The standard InChI is InChI=1S/C13H20N4O/c1-4-12(5-2)17-7-6-11(15-17)10-18-13-8-14-16(3)9-13/h6-9,12H,4-5,10H2,1-3H3. The summed E-state index contributed by atoms with van der Waals surface area (Å²) >= 11 is 0. The average molecular weight is 248 g/mol. The molecule has 2 rings (SSSR count). The lowest BCUT2D eigenvalue weighted by Gasteiger charge is -2.12. The quantitative estimate of drug-likeness (QED) is 0.789. The monoisotopic (exact) mass is 248 g/mol. The van der Waals surface area contributed by atoms with E-state index in [1.54, 1.807) is 10.9 Å². The Labute approximate surface area is 107 Å². The van der Waals surface area contributed by atoms with Gasteiger partial charge in [0.05, 0.1) is 24.1 Å². The second-order valence-electron chi connectivity index (χ2n) is 4.40. The minimum atomic E-state index is 0.483. The zero-order valence-electron chi connectivity index (χ0n) is 11.2. The summed E-state index contributed by atoms with van der Waals surface area (Å²) in [4.78, 5) is 0. The summed E-state index contributed by atoms with van der Waals surface area (Å²) in [6.07, 6.45) is 7.78. The molecule has 2 heterocycles. The first-order valence-corrected chi connectivity index (χ1v) is 6.38. The molecule has 0 amide bonds. The van der Waals surface area contributed by atoms with Crippen molar-refractivity contribution < 1.29 is 4.74 Å². The first kappa shape index (κ1) is 12.7. The maximum atomic E-state index is 5.61. The van der Waals surface area contributed by atoms with E-state index >= 15 is 0 Å². The van der Waals surface area contributed by atoms with Gasteiger partial charge in [-0.1, -0.05) is 13.8 Å². The first-order valence-electron chi connectivity index (χ1n) is 6.38. The van der Waals surface area contributed by atoms with Crippen molar-refractivity contribution in [2.24, 2.45) is 7.05 Å². The van der Waals surface area contributed by atoms with Crippen molar-refractivity contribution >= 4 is 0 Å². The van der Waals surface area contributed by atoms with Crippen molar-refractivity contribution in [1.82, 2.24) is 19.6 Å². The Balaban J connectivity index is 1.94. The number of nitrogens with zero attached hydrogens (tertiary/aromatic N) is 4. The van der Waals surface area contributed by atoms with Crippen molar-refractivity contribution in [3.63, 3.8) is 0 Å². The predicted molar refractivity (Wildman–Crippen MR) is 69.4 cm³/mol. The van der Waals surface area contributed by atoms with E-state index in [1.165, 1.54) is 0 Å². The Morgan fingerprint density at radius 2 is 2.11 bits per heavy atom. The van der Waals surface area contributed by atoms with Gasteiger partial charge in [0.15, 0.2) is 5.75 Å². The second-order valence-corrected chi connectivity index (χ2v) is 4.40. The molecule has 0 spiro atoms. The van der Waals surface area contributed by atoms with Crippen LogP contribution in [0.3, 0.4) is 0 Å². The van der Waals surface area contributed by atoms with E-state index in [2.05, 4.69) is 24.0 Å². The SMILES string of the molecule is CCC(CC)n1ccc(COc2cnn(C)c2)n1. The van der Waals surface area contributed by atoms with E-state index in [4.69, 9.17) is 4.74 Å². The Kier molecular flexibility index (Phi) is 4.02. The van der Waals surface area contributed by atoms with Gasteiger partial charge in [-0.2, -0.15) is 10.2 Å². The maximum absolute atomic E-state index is 5.61. The molecule has 0 saturated carbocycles. The number of aryl methyl sites for hydroxylation is 1. The topological polar surface area (TPSA) is 44.9 Å². The van der Waals surface area contributed by atoms with Crippen LogP contribution in [0.1, 0.15) is 38.4 Å². The van der Waals surface area contributed by atoms with Crippen molar-refractivity contribution in [2.45, 2.75) is 39.3 Å². The van der Waals surface area contributed by atoms with Crippen LogP contribution in [0.2, 0.25) is 0 Å². The molecule has 5 nitrogen and oxygen atoms in total. The number of rotatable bonds is 6. The molecule has 0 aliphatic carbocycles. The molecule has 0 aliphatic rings. The molecule has 0 atom stereocenters. The summed E-state index contributed by atoms with van der Waals surface area (Å²) in [6.45, 7) is 4.85. The molecule has 0 unspecified atom stereocenters. The molecular formula is C13H20N4O. The van der Waals surface area contributed by atoms with Crippen LogP contribution in [0.25, 0.3) is 0 Å². The number of aromatic nitrogens is 4. The fourth-order valence-electron chi connectivity index (χ4n) is 1.95. The van der Waals surface area contributed by atoms with Gasteiger partial charge in [-0.15, -0.1) is 0 Å². The normalized spacial score (nSPS) is 11.1. The maximum Gasteiger partial charge on any atom is 0.157 e. The third kappa shape index (κ3) is 2.91. The fourth-order valence-corrected chi connectivity index (χ4v) is 1.95. The van der Waals surface area contributed by atoms with Gasteiger partial charge in [-0.05, 0) is 18.9 Å². The van der Waals surface area contributed by atoms with E-state index in [-0.39, 0.29) is 0 Å². The summed E-state index contributed by atoms with van der Waals surface area (Å²) in [5, 5.41) is 8.59. The molecule has 0 radical (unpaired) electrons. The van der Waals surface area contributed by atoms with Crippen LogP contribution in [-0.4, -0.2) is 19.6 Å². The van der Waals surface area contributed by atoms with E-state index in [9.17, 15) is 0 Å². The van der Waals surface area contributed by atoms with Crippen LogP contribution in [0.5, 0.6) is 5.75 Å². The lowest BCUT2D eigenvalue weighted by molar-refractivity contribution is 0.297. The van der Waals surface area contributed by atoms with E-state index in [1.807, 2.05) is 30.2 Å². The molecule has 0 saturated heterocycles. The third-order valence-electron chi connectivity index (χ3n) is 3.05. The molecular weight excluding hydrogens is 228 g/mol. The van der Waals surface area contributed by atoms with Crippen molar-refractivity contribution in [3.8, 4) is 5.75 Å². The first-order chi connectivity index (χ1) is 8.72. The summed E-state index contributed by atoms with van der Waals surface area (Å²) in [5.41, 5.74) is 0.950. The third-order valence-corrected chi connectivity index (χ3v) is 3.05. The highest BCUT2D eigenvalue weighted by Crippen LogP contribution is 2.15. The Morgan fingerprint density at radius 3 is 2.72 bits per heavy atom. The lowest BCUT2D eigenvalue weighted by atomic mass is 10.2. The van der Waals surface area contributed by atoms with E-state index in [0.717, 1.165) is 24.3 Å². The molecule has 5 heteroatoms. The van der Waals surface area contributed by atoms with Crippen LogP contribution in [-0.2, 0) is 13.7 Å². The van der Waals surface area contributed by atoms with Gasteiger partial charge in [0.2, 0.25) is 0 Å². The van der Waals surface area contributed by atoms with Gasteiger partial charge in [0, 0.05) is 13.2 Å². The summed E-state index contributed by atoms with van der Waals surface area (Å²) in [7, 11) is 1.87. The number of hydrogen-bond acceptors (Lipinski definition) is 3. The smallest absolute Gasteiger partial charge is 0.157 e. The van der Waals surface area contributed by atoms with Gasteiger partial charge in [-0.3, -0.25) is 9.36 Å². The summed E-state index contributed by atoms with van der Waals surface area (Å²) < 4.78 is 9.36. The van der Waals surface area contributed by atoms with Crippen molar-refractivity contribution in [1.29, 1.82) is 0 Å². The van der Waals surface area contributed by atoms with Crippen molar-refractivity contribution in [2.75, 3.05) is 0 Å². The van der Waals surface area contributed by atoms with Gasteiger partial charge < -0.3 is 4.74 Å². The van der Waals surface area contributed by atoms with Crippen LogP contribution in [0.15, 0.2) is 24.7 Å². The predicted octanol–water partition coefficient (Wildman–Crippen LogP) is 2.56. The second kappa shape index (κ2) is 5.71. The minimum absolute atomic E-state index is 0.483. The molecule has 0 aromatic carbocycles. The molecule has 18 heavy (non-hydrogen) atoms.